The predicted octanol–water partition coefficient (Wildman–Crippen LogP) is 6.14. The number of benzene rings is 2. The maximum Gasteiger partial charge on any atom is 0.264 e. The number of aromatic nitrogens is 2. The number of halogens is 1. The number of fused-ring (bicyclic) bond motifs is 1. The van der Waals surface area contributed by atoms with Gasteiger partial charge in [-0.05, 0) is 65.9 Å². The fraction of sp³-hybridized carbons (Fsp3) is 0.200. The number of aryl methyl sites for hydroxylation is 1. The van der Waals surface area contributed by atoms with Crippen LogP contribution in [0.5, 0.6) is 0 Å². The molecule has 0 bridgehead atoms. The van der Waals surface area contributed by atoms with E-state index in [2.05, 4.69) is 52.8 Å². The highest BCUT2D eigenvalue weighted by Gasteiger charge is 2.25. The summed E-state index contributed by atoms with van der Waals surface area (Å²) < 4.78 is 15.9. The van der Waals surface area contributed by atoms with Crippen LogP contribution in [0.3, 0.4) is 0 Å². The molecule has 0 atom stereocenters. The Balaban J connectivity index is 1.33. The molecular weight excluding hydrogens is 483 g/mol. The summed E-state index contributed by atoms with van der Waals surface area (Å²) in [4.78, 5) is 22.8. The minimum Gasteiger partial charge on any atom is -0.335 e. The average molecular weight is 511 g/mol. The Morgan fingerprint density at radius 1 is 0.919 bits per heavy atom. The Bertz CT molecular complexity index is 1550. The summed E-state index contributed by atoms with van der Waals surface area (Å²) in [5, 5.41) is 1.94. The zero-order valence-electron chi connectivity index (χ0n) is 20.6. The van der Waals surface area contributed by atoms with Gasteiger partial charge in [0.1, 0.15) is 11.5 Å². The standard InChI is InChI=1S/C30H27FN4OS/c1-21-4-2-5-23(18-21)24-9-12-28-32-29(22-7-10-25(31)11-8-22)26(35(28)19-24)20-33-13-15-34(16-14-33)30(36)27-6-3-17-37-27/h2-12,17-19H,13-16,20H2,1H3. The molecule has 0 N–H and O–H groups in total. The molecule has 0 radical (unpaired) electrons. The molecule has 0 saturated carbocycles. The van der Waals surface area contributed by atoms with Crippen LogP contribution >= 0.6 is 11.3 Å². The summed E-state index contributed by atoms with van der Waals surface area (Å²) in [6.45, 7) is 5.73. The molecule has 5 nitrogen and oxygen atoms in total. The van der Waals surface area contributed by atoms with Crippen LogP contribution in [0, 0.1) is 12.7 Å². The molecule has 1 amide bonds. The molecule has 37 heavy (non-hydrogen) atoms. The van der Waals surface area contributed by atoms with Crippen LogP contribution in [-0.2, 0) is 6.54 Å². The zero-order valence-corrected chi connectivity index (χ0v) is 21.4. The third-order valence-corrected chi connectivity index (χ3v) is 7.81. The van der Waals surface area contributed by atoms with Crippen LogP contribution in [0.25, 0.3) is 28.0 Å². The molecule has 1 saturated heterocycles. The Hall–Kier alpha value is -3.81. The van der Waals surface area contributed by atoms with Crippen molar-refractivity contribution in [1.29, 1.82) is 0 Å². The lowest BCUT2D eigenvalue weighted by atomic mass is 10.1. The van der Waals surface area contributed by atoms with E-state index in [0.717, 1.165) is 51.7 Å². The monoisotopic (exact) mass is 510 g/mol. The maximum absolute atomic E-state index is 13.7. The van der Waals surface area contributed by atoms with Gasteiger partial charge in [-0.1, -0.05) is 35.9 Å². The van der Waals surface area contributed by atoms with Crippen molar-refractivity contribution in [3.8, 4) is 22.4 Å². The van der Waals surface area contributed by atoms with Gasteiger partial charge in [0.25, 0.3) is 5.91 Å². The number of piperazine rings is 1. The van der Waals surface area contributed by atoms with E-state index in [-0.39, 0.29) is 11.7 Å². The first-order valence-corrected chi connectivity index (χ1v) is 13.3. The summed E-state index contributed by atoms with van der Waals surface area (Å²) in [6, 6.07) is 23.0. The fourth-order valence-electron chi connectivity index (χ4n) is 4.96. The average Bonchev–Trinajstić information content (AvgIpc) is 3.58. The maximum atomic E-state index is 13.7. The van der Waals surface area contributed by atoms with Crippen molar-refractivity contribution in [2.75, 3.05) is 26.2 Å². The molecule has 2 aromatic carbocycles. The molecule has 0 aliphatic carbocycles. The van der Waals surface area contributed by atoms with Gasteiger partial charge in [-0.2, -0.15) is 0 Å². The van der Waals surface area contributed by atoms with E-state index in [0.29, 0.717) is 19.6 Å². The first-order valence-electron chi connectivity index (χ1n) is 12.4. The molecule has 186 valence electrons. The third-order valence-electron chi connectivity index (χ3n) is 6.95. The fourth-order valence-corrected chi connectivity index (χ4v) is 5.65. The number of carbonyl (C=O) groups excluding carboxylic acids is 1. The molecule has 1 aliphatic rings. The van der Waals surface area contributed by atoms with Crippen LogP contribution in [0.1, 0.15) is 20.9 Å². The highest BCUT2D eigenvalue weighted by Crippen LogP contribution is 2.29. The second-order valence-corrected chi connectivity index (χ2v) is 10.4. The quantitative estimate of drug-likeness (QED) is 0.285. The lowest BCUT2D eigenvalue weighted by molar-refractivity contribution is 0.0631. The smallest absolute Gasteiger partial charge is 0.264 e. The molecule has 4 heterocycles. The van der Waals surface area contributed by atoms with Gasteiger partial charge in [0.2, 0.25) is 0 Å². The number of amides is 1. The number of imidazole rings is 1. The van der Waals surface area contributed by atoms with Gasteiger partial charge in [0, 0.05) is 44.5 Å². The van der Waals surface area contributed by atoms with Gasteiger partial charge in [0.05, 0.1) is 16.3 Å². The van der Waals surface area contributed by atoms with Crippen molar-refractivity contribution in [2.45, 2.75) is 13.5 Å². The Morgan fingerprint density at radius 3 is 2.43 bits per heavy atom. The first kappa shape index (κ1) is 23.6. The van der Waals surface area contributed by atoms with Crippen LogP contribution in [0.15, 0.2) is 84.4 Å². The van der Waals surface area contributed by atoms with Crippen molar-refractivity contribution in [1.82, 2.24) is 19.2 Å². The SMILES string of the molecule is Cc1cccc(-c2ccc3nc(-c4ccc(F)cc4)c(CN4CCN(C(=O)c5cccs5)CC4)n3c2)c1. The topological polar surface area (TPSA) is 40.9 Å². The summed E-state index contributed by atoms with van der Waals surface area (Å²) >= 11 is 1.49. The van der Waals surface area contributed by atoms with Crippen molar-refractivity contribution >= 4 is 22.9 Å². The van der Waals surface area contributed by atoms with Crippen LogP contribution in [0.4, 0.5) is 4.39 Å². The minimum absolute atomic E-state index is 0.110. The van der Waals surface area contributed by atoms with Gasteiger partial charge >= 0.3 is 0 Å². The third kappa shape index (κ3) is 4.80. The van der Waals surface area contributed by atoms with E-state index in [1.807, 2.05) is 28.5 Å². The minimum atomic E-state index is -0.262. The van der Waals surface area contributed by atoms with Crippen LogP contribution < -0.4 is 0 Å². The second-order valence-electron chi connectivity index (χ2n) is 9.48. The van der Waals surface area contributed by atoms with Crippen LogP contribution in [-0.4, -0.2) is 51.3 Å². The van der Waals surface area contributed by atoms with Gasteiger partial charge in [-0.15, -0.1) is 11.3 Å². The summed E-state index contributed by atoms with van der Waals surface area (Å²) in [7, 11) is 0. The molecule has 3 aromatic heterocycles. The number of thiophene rings is 1. The van der Waals surface area contributed by atoms with E-state index >= 15 is 0 Å². The number of nitrogens with zero attached hydrogens (tertiary/aromatic N) is 4. The van der Waals surface area contributed by atoms with Crippen molar-refractivity contribution < 1.29 is 9.18 Å². The van der Waals surface area contributed by atoms with Crippen molar-refractivity contribution in [3.63, 3.8) is 0 Å². The van der Waals surface area contributed by atoms with E-state index in [1.165, 1.54) is 29.0 Å². The Labute approximate surface area is 219 Å². The Kier molecular flexibility index (Phi) is 6.32. The van der Waals surface area contributed by atoms with Gasteiger partial charge in [0.15, 0.2) is 0 Å². The molecule has 0 spiro atoms. The van der Waals surface area contributed by atoms with Crippen LogP contribution in [0.2, 0.25) is 0 Å². The number of pyridine rings is 1. The highest BCUT2D eigenvalue weighted by molar-refractivity contribution is 7.12. The predicted molar refractivity (Wildman–Crippen MR) is 146 cm³/mol. The largest absolute Gasteiger partial charge is 0.335 e. The van der Waals surface area contributed by atoms with Crippen molar-refractivity contribution in [2.24, 2.45) is 0 Å². The van der Waals surface area contributed by atoms with E-state index < -0.39 is 0 Å². The number of hydrogen-bond donors (Lipinski definition) is 0. The summed E-state index contributed by atoms with van der Waals surface area (Å²) in [6.07, 6.45) is 2.15. The first-order chi connectivity index (χ1) is 18.0. The molecular formula is C30H27FN4OS. The number of rotatable bonds is 5. The van der Waals surface area contributed by atoms with Crippen molar-refractivity contribution in [3.05, 3.63) is 106 Å². The molecule has 1 aliphatic heterocycles. The lowest BCUT2D eigenvalue weighted by Gasteiger charge is -2.34. The summed E-state index contributed by atoms with van der Waals surface area (Å²) in [5.41, 5.74) is 7.16. The Morgan fingerprint density at radius 2 is 1.70 bits per heavy atom. The number of carbonyl (C=O) groups is 1. The normalized spacial score (nSPS) is 14.4. The van der Waals surface area contributed by atoms with Gasteiger partial charge in [-0.3, -0.25) is 9.69 Å². The molecule has 6 rings (SSSR count). The molecule has 7 heteroatoms. The molecule has 1 fully saturated rings. The molecule has 5 aromatic rings. The number of hydrogen-bond acceptors (Lipinski definition) is 4. The highest BCUT2D eigenvalue weighted by atomic mass is 32.1. The van der Waals surface area contributed by atoms with Gasteiger partial charge < -0.3 is 9.30 Å². The lowest BCUT2D eigenvalue weighted by Crippen LogP contribution is -2.48. The molecule has 0 unspecified atom stereocenters. The van der Waals surface area contributed by atoms with E-state index in [4.69, 9.17) is 4.98 Å². The zero-order chi connectivity index (χ0) is 25.4. The van der Waals surface area contributed by atoms with E-state index in [9.17, 15) is 9.18 Å². The summed E-state index contributed by atoms with van der Waals surface area (Å²) in [5.74, 6) is -0.151. The second kappa shape index (κ2) is 9.92. The van der Waals surface area contributed by atoms with E-state index in [1.54, 1.807) is 12.1 Å². The van der Waals surface area contributed by atoms with Gasteiger partial charge in [-0.25, -0.2) is 9.37 Å².